The normalized spacial score (nSPS) is 15.4. The molecule has 0 saturated heterocycles. The molecule has 114 valence electrons. The highest BCUT2D eigenvalue weighted by atomic mass is 16.5. The number of rotatable bonds is 8. The third-order valence-corrected chi connectivity index (χ3v) is 3.01. The van der Waals surface area contributed by atoms with Crippen LogP contribution in [0.3, 0.4) is 0 Å². The number of esters is 1. The Labute approximate surface area is 118 Å². The van der Waals surface area contributed by atoms with Crippen LogP contribution < -0.4 is 5.73 Å². The molecule has 0 aromatic carbocycles. The van der Waals surface area contributed by atoms with E-state index in [1.54, 1.807) is 0 Å². The Kier molecular flexibility index (Phi) is 7.60. The van der Waals surface area contributed by atoms with Gasteiger partial charge in [0.15, 0.2) is 0 Å². The molecule has 0 saturated carbocycles. The lowest BCUT2D eigenvalue weighted by Crippen LogP contribution is -2.42. The molecule has 4 nitrogen and oxygen atoms in total. The number of hydrogen-bond acceptors (Lipinski definition) is 4. The first kappa shape index (κ1) is 18.4. The predicted octanol–water partition coefficient (Wildman–Crippen LogP) is 2.75. The minimum absolute atomic E-state index is 0.191. The summed E-state index contributed by atoms with van der Waals surface area (Å²) in [7, 11) is 0. The van der Waals surface area contributed by atoms with Gasteiger partial charge in [0.2, 0.25) is 0 Å². The summed E-state index contributed by atoms with van der Waals surface area (Å²) < 4.78 is 10.9. The maximum atomic E-state index is 12.2. The second-order valence-electron chi connectivity index (χ2n) is 6.51. The topological polar surface area (TPSA) is 61.5 Å². The van der Waals surface area contributed by atoms with Crippen molar-refractivity contribution >= 4 is 5.97 Å². The average Bonchev–Trinajstić information content (AvgIpc) is 2.25. The third kappa shape index (κ3) is 6.92. The fourth-order valence-electron chi connectivity index (χ4n) is 2.17. The molecule has 4 heteroatoms. The second-order valence-corrected chi connectivity index (χ2v) is 6.51. The van der Waals surface area contributed by atoms with Crippen LogP contribution in [0.4, 0.5) is 0 Å². The van der Waals surface area contributed by atoms with Crippen molar-refractivity contribution < 1.29 is 14.3 Å². The molecular formula is C15H31NO3. The number of nitrogens with two attached hydrogens (primary N) is 1. The summed E-state index contributed by atoms with van der Waals surface area (Å²) in [5.41, 5.74) is 5.06. The van der Waals surface area contributed by atoms with Crippen molar-refractivity contribution in [3.05, 3.63) is 0 Å². The van der Waals surface area contributed by atoms with Crippen LogP contribution >= 0.6 is 0 Å². The van der Waals surface area contributed by atoms with E-state index < -0.39 is 5.41 Å². The highest BCUT2D eigenvalue weighted by molar-refractivity contribution is 5.77. The van der Waals surface area contributed by atoms with Gasteiger partial charge in [-0.05, 0) is 46.5 Å². The first-order chi connectivity index (χ1) is 8.67. The molecule has 0 aliphatic carbocycles. The fourth-order valence-corrected chi connectivity index (χ4v) is 2.17. The van der Waals surface area contributed by atoms with Crippen molar-refractivity contribution in [1.82, 2.24) is 0 Å². The predicted molar refractivity (Wildman–Crippen MR) is 77.9 cm³/mol. The monoisotopic (exact) mass is 273 g/mol. The van der Waals surface area contributed by atoms with Crippen molar-refractivity contribution in [2.24, 2.45) is 17.1 Å². The minimum atomic E-state index is -0.616. The summed E-state index contributed by atoms with van der Waals surface area (Å²) in [6.45, 7) is 13.2. The molecule has 1 atom stereocenters. The minimum Gasteiger partial charge on any atom is -0.466 e. The van der Waals surface area contributed by atoms with Crippen molar-refractivity contribution in [2.75, 3.05) is 19.8 Å². The van der Waals surface area contributed by atoms with Gasteiger partial charge in [-0.1, -0.05) is 13.8 Å². The van der Waals surface area contributed by atoms with E-state index in [2.05, 4.69) is 13.8 Å². The molecule has 0 bridgehead atoms. The summed E-state index contributed by atoms with van der Waals surface area (Å²) in [6.07, 6.45) is 1.34. The van der Waals surface area contributed by atoms with Crippen LogP contribution in [0.15, 0.2) is 0 Å². The Balaban J connectivity index is 4.77. The highest BCUT2D eigenvalue weighted by Gasteiger charge is 2.39. The molecule has 0 aromatic rings. The van der Waals surface area contributed by atoms with Gasteiger partial charge in [0.05, 0.1) is 17.6 Å². The summed E-state index contributed by atoms with van der Waals surface area (Å²) in [4.78, 5) is 12.2. The average molecular weight is 273 g/mol. The van der Waals surface area contributed by atoms with Crippen LogP contribution in [-0.4, -0.2) is 31.3 Å². The number of ether oxygens (including phenoxy) is 2. The lowest BCUT2D eigenvalue weighted by molar-refractivity contribution is -0.158. The van der Waals surface area contributed by atoms with Gasteiger partial charge in [-0.2, -0.15) is 0 Å². The number of hydrogen-bond donors (Lipinski definition) is 1. The van der Waals surface area contributed by atoms with E-state index in [-0.39, 0.29) is 11.6 Å². The van der Waals surface area contributed by atoms with Crippen molar-refractivity contribution in [3.8, 4) is 0 Å². The van der Waals surface area contributed by atoms with Crippen LogP contribution in [-0.2, 0) is 14.3 Å². The molecule has 0 aliphatic rings. The third-order valence-electron chi connectivity index (χ3n) is 3.01. The van der Waals surface area contributed by atoms with Gasteiger partial charge in [0.1, 0.15) is 0 Å². The molecule has 0 aliphatic heterocycles. The Morgan fingerprint density at radius 3 is 2.21 bits per heavy atom. The van der Waals surface area contributed by atoms with E-state index in [0.29, 0.717) is 32.1 Å². The van der Waals surface area contributed by atoms with Gasteiger partial charge >= 0.3 is 5.97 Å². The Hall–Kier alpha value is -0.610. The molecule has 0 fully saturated rings. The quantitative estimate of drug-likeness (QED) is 0.691. The molecule has 1 unspecified atom stereocenters. The first-order valence-electron chi connectivity index (χ1n) is 7.18. The van der Waals surface area contributed by atoms with E-state index in [0.717, 1.165) is 6.42 Å². The first-order valence-corrected chi connectivity index (χ1v) is 7.18. The van der Waals surface area contributed by atoms with E-state index in [4.69, 9.17) is 15.2 Å². The Morgan fingerprint density at radius 2 is 1.84 bits per heavy atom. The van der Waals surface area contributed by atoms with Gasteiger partial charge in [0.25, 0.3) is 0 Å². The van der Waals surface area contributed by atoms with Crippen LogP contribution in [0.5, 0.6) is 0 Å². The van der Waals surface area contributed by atoms with E-state index in [1.807, 2.05) is 27.7 Å². The van der Waals surface area contributed by atoms with Crippen LogP contribution in [0.25, 0.3) is 0 Å². The lowest BCUT2D eigenvalue weighted by atomic mass is 9.77. The van der Waals surface area contributed by atoms with Crippen molar-refractivity contribution in [1.29, 1.82) is 0 Å². The summed E-state index contributed by atoms with van der Waals surface area (Å²) >= 11 is 0. The van der Waals surface area contributed by atoms with Gasteiger partial charge in [0, 0.05) is 13.2 Å². The maximum absolute atomic E-state index is 12.2. The molecular weight excluding hydrogens is 242 g/mol. The van der Waals surface area contributed by atoms with Crippen LogP contribution in [0, 0.1) is 11.3 Å². The number of carbonyl (C=O) groups excluding carboxylic acids is 1. The number of carbonyl (C=O) groups is 1. The van der Waals surface area contributed by atoms with Gasteiger partial charge in [-0.15, -0.1) is 0 Å². The SMILES string of the molecule is CCOC(=O)C(CN)(CCOC(C)(C)C)CC(C)C. The van der Waals surface area contributed by atoms with Gasteiger partial charge in [-0.3, -0.25) is 4.79 Å². The Morgan fingerprint density at radius 1 is 1.26 bits per heavy atom. The summed E-state index contributed by atoms with van der Waals surface area (Å²) in [6, 6.07) is 0. The zero-order valence-corrected chi connectivity index (χ0v) is 13.4. The van der Waals surface area contributed by atoms with Crippen LogP contribution in [0.1, 0.15) is 54.4 Å². The zero-order valence-electron chi connectivity index (χ0n) is 13.4. The van der Waals surface area contributed by atoms with Crippen molar-refractivity contribution in [3.63, 3.8) is 0 Å². The molecule has 0 heterocycles. The second kappa shape index (κ2) is 7.85. The largest absolute Gasteiger partial charge is 0.466 e. The van der Waals surface area contributed by atoms with Crippen molar-refractivity contribution in [2.45, 2.75) is 60.0 Å². The van der Waals surface area contributed by atoms with E-state index in [1.165, 1.54) is 0 Å². The van der Waals surface area contributed by atoms with Gasteiger partial charge in [-0.25, -0.2) is 0 Å². The zero-order chi connectivity index (χ0) is 15.1. The van der Waals surface area contributed by atoms with E-state index in [9.17, 15) is 4.79 Å². The standard InChI is InChI=1S/C15H31NO3/c1-7-18-13(17)15(11-16,10-12(2)3)8-9-19-14(4,5)6/h12H,7-11,16H2,1-6H3. The summed E-state index contributed by atoms with van der Waals surface area (Å²) in [5.74, 6) is 0.200. The maximum Gasteiger partial charge on any atom is 0.313 e. The smallest absolute Gasteiger partial charge is 0.313 e. The molecule has 19 heavy (non-hydrogen) atoms. The van der Waals surface area contributed by atoms with E-state index >= 15 is 0 Å². The molecule has 0 spiro atoms. The molecule has 0 radical (unpaired) electrons. The molecule has 0 rings (SSSR count). The highest BCUT2D eigenvalue weighted by Crippen LogP contribution is 2.32. The van der Waals surface area contributed by atoms with Gasteiger partial charge < -0.3 is 15.2 Å². The van der Waals surface area contributed by atoms with Crippen LogP contribution in [0.2, 0.25) is 0 Å². The molecule has 0 aromatic heterocycles. The Bertz CT molecular complexity index is 271. The lowest BCUT2D eigenvalue weighted by Gasteiger charge is -2.32. The fraction of sp³-hybridized carbons (Fsp3) is 0.933. The molecule has 2 N–H and O–H groups in total. The summed E-state index contributed by atoms with van der Waals surface area (Å²) in [5, 5.41) is 0. The molecule has 0 amide bonds.